The molecule has 0 unspecified atom stereocenters. The van der Waals surface area contributed by atoms with Crippen LogP contribution in [0.4, 0.5) is 0 Å². The van der Waals surface area contributed by atoms with Gasteiger partial charge in [-0.2, -0.15) is 0 Å². The lowest BCUT2D eigenvalue weighted by atomic mass is 9.97. The molecule has 2 aromatic rings. The van der Waals surface area contributed by atoms with Gasteiger partial charge in [0.25, 0.3) is 0 Å². The summed E-state index contributed by atoms with van der Waals surface area (Å²) in [5.74, 6) is -0.233. The summed E-state index contributed by atoms with van der Waals surface area (Å²) in [6.45, 7) is 4.23. The molecule has 1 aromatic heterocycles. The summed E-state index contributed by atoms with van der Waals surface area (Å²) in [5, 5.41) is 0.573. The number of hydrogen-bond donors (Lipinski definition) is 0. The Hall–Kier alpha value is -2.41. The van der Waals surface area contributed by atoms with Crippen molar-refractivity contribution < 1.29 is 23.8 Å². The van der Waals surface area contributed by atoms with Crippen molar-refractivity contribution in [3.8, 4) is 11.5 Å². The van der Waals surface area contributed by atoms with Crippen LogP contribution in [-0.2, 0) is 11.2 Å². The van der Waals surface area contributed by atoms with Crippen LogP contribution in [0.3, 0.4) is 0 Å². The summed E-state index contributed by atoms with van der Waals surface area (Å²) in [7, 11) is 2.84. The Labute approximate surface area is 192 Å². The predicted molar refractivity (Wildman–Crippen MR) is 121 cm³/mol. The van der Waals surface area contributed by atoms with Gasteiger partial charge in [-0.05, 0) is 32.4 Å². The minimum absolute atomic E-state index is 0.0737. The summed E-state index contributed by atoms with van der Waals surface area (Å²) < 4.78 is 16.3. The van der Waals surface area contributed by atoms with E-state index in [1.54, 1.807) is 12.1 Å². The molecule has 0 fully saturated rings. The van der Waals surface area contributed by atoms with Crippen LogP contribution < -0.4 is 9.47 Å². The average molecular weight is 466 g/mol. The molecule has 2 rings (SSSR count). The molecule has 0 saturated carbocycles. The van der Waals surface area contributed by atoms with Crippen LogP contribution in [0, 0.1) is 0 Å². The van der Waals surface area contributed by atoms with Crippen molar-refractivity contribution in [3.05, 3.63) is 62.9 Å². The van der Waals surface area contributed by atoms with Gasteiger partial charge in [-0.15, -0.1) is 0 Å². The first kappa shape index (κ1) is 24.9. The number of carbonyl (C=O) groups is 2. The largest absolute Gasteiger partial charge is 0.496 e. The predicted octanol–water partition coefficient (Wildman–Crippen LogP) is 5.39. The Bertz CT molecular complexity index is 964. The Kier molecular flexibility index (Phi) is 9.49. The van der Waals surface area contributed by atoms with E-state index >= 15 is 0 Å². The number of pyridine rings is 1. The molecule has 1 heterocycles. The van der Waals surface area contributed by atoms with Gasteiger partial charge in [0.1, 0.15) is 23.7 Å². The second-order valence-corrected chi connectivity index (χ2v) is 7.77. The zero-order valence-corrected chi connectivity index (χ0v) is 19.5. The summed E-state index contributed by atoms with van der Waals surface area (Å²) in [4.78, 5) is 29.8. The Morgan fingerprint density at radius 2 is 1.71 bits per heavy atom. The van der Waals surface area contributed by atoms with Crippen molar-refractivity contribution in [2.45, 2.75) is 26.7 Å². The second-order valence-electron chi connectivity index (χ2n) is 6.95. The van der Waals surface area contributed by atoms with E-state index in [2.05, 4.69) is 4.98 Å². The molecule has 0 spiro atoms. The number of halogens is 2. The maximum Gasteiger partial charge on any atom is 0.195 e. The maximum absolute atomic E-state index is 13.0. The van der Waals surface area contributed by atoms with Crippen molar-refractivity contribution in [2.24, 2.45) is 0 Å². The molecular weight excluding hydrogens is 441 g/mol. The van der Waals surface area contributed by atoms with E-state index in [0.29, 0.717) is 24.3 Å². The molecule has 0 bridgehead atoms. The number of methoxy groups -OCH3 is 2. The number of allylic oxidation sites excluding steroid dienone is 1. The molecule has 0 atom stereocenters. The van der Waals surface area contributed by atoms with Gasteiger partial charge < -0.3 is 14.2 Å². The molecule has 0 saturated heterocycles. The monoisotopic (exact) mass is 465 g/mol. The average Bonchev–Trinajstić information content (AvgIpc) is 2.74. The molecule has 0 aliphatic rings. The summed E-state index contributed by atoms with van der Waals surface area (Å²) >= 11 is 12.3. The van der Waals surface area contributed by atoms with Crippen LogP contribution in [0.1, 0.15) is 46.5 Å². The van der Waals surface area contributed by atoms with E-state index in [-0.39, 0.29) is 51.5 Å². The third kappa shape index (κ3) is 6.53. The van der Waals surface area contributed by atoms with Gasteiger partial charge in [0.15, 0.2) is 11.6 Å². The first-order valence-corrected chi connectivity index (χ1v) is 10.4. The zero-order chi connectivity index (χ0) is 23.0. The third-order valence-electron chi connectivity index (χ3n) is 4.46. The first-order valence-electron chi connectivity index (χ1n) is 9.60. The normalized spacial score (nSPS) is 10.5. The molecule has 8 heteroatoms. The van der Waals surface area contributed by atoms with Gasteiger partial charge in [-0.3, -0.25) is 14.6 Å². The highest BCUT2D eigenvalue weighted by Gasteiger charge is 2.25. The number of ether oxygens (including phenoxy) is 3. The quantitative estimate of drug-likeness (QED) is 0.251. The highest BCUT2D eigenvalue weighted by atomic mass is 35.5. The van der Waals surface area contributed by atoms with Crippen LogP contribution >= 0.6 is 23.2 Å². The molecule has 0 aliphatic carbocycles. The smallest absolute Gasteiger partial charge is 0.195 e. The number of ketones is 2. The van der Waals surface area contributed by atoms with E-state index in [9.17, 15) is 9.59 Å². The number of hydrogen-bond acceptors (Lipinski definition) is 6. The number of aromatic nitrogens is 1. The Morgan fingerprint density at radius 1 is 1.03 bits per heavy atom. The van der Waals surface area contributed by atoms with Gasteiger partial charge in [-0.25, -0.2) is 0 Å². The second kappa shape index (κ2) is 11.8. The van der Waals surface area contributed by atoms with Crippen LogP contribution in [-0.4, -0.2) is 44.0 Å². The molecule has 31 heavy (non-hydrogen) atoms. The summed E-state index contributed by atoms with van der Waals surface area (Å²) in [6.07, 6.45) is 5.50. The highest BCUT2D eigenvalue weighted by Crippen LogP contribution is 2.34. The van der Waals surface area contributed by atoms with Crippen LogP contribution in [0.2, 0.25) is 10.0 Å². The number of nitrogens with zero attached hydrogens (tertiary/aromatic N) is 1. The Balaban J connectivity index is 2.30. The molecule has 1 aromatic carbocycles. The van der Waals surface area contributed by atoms with Crippen molar-refractivity contribution in [1.29, 1.82) is 0 Å². The third-order valence-corrected chi connectivity index (χ3v) is 5.11. The highest BCUT2D eigenvalue weighted by molar-refractivity contribution is 6.36. The Morgan fingerprint density at radius 3 is 2.29 bits per heavy atom. The van der Waals surface area contributed by atoms with Crippen molar-refractivity contribution in [3.63, 3.8) is 0 Å². The lowest BCUT2D eigenvalue weighted by Crippen LogP contribution is -2.15. The molecule has 6 nitrogen and oxygen atoms in total. The number of Topliss-reactive ketones (excluding diaryl/α,β-unsaturated/α-hetero) is 2. The van der Waals surface area contributed by atoms with Crippen molar-refractivity contribution in [1.82, 2.24) is 4.98 Å². The van der Waals surface area contributed by atoms with Gasteiger partial charge >= 0.3 is 0 Å². The van der Waals surface area contributed by atoms with Crippen LogP contribution in [0.25, 0.3) is 0 Å². The first-order chi connectivity index (χ1) is 14.8. The molecule has 0 amide bonds. The zero-order valence-electron chi connectivity index (χ0n) is 18.0. The van der Waals surface area contributed by atoms with Crippen LogP contribution in [0.15, 0.2) is 36.2 Å². The van der Waals surface area contributed by atoms with Crippen molar-refractivity contribution in [2.75, 3.05) is 27.4 Å². The van der Waals surface area contributed by atoms with Gasteiger partial charge in [0.2, 0.25) is 0 Å². The number of benzene rings is 1. The minimum atomic E-state index is -0.347. The molecule has 166 valence electrons. The molecule has 0 N–H and O–H groups in total. The number of rotatable bonds is 11. The fourth-order valence-electron chi connectivity index (χ4n) is 2.96. The minimum Gasteiger partial charge on any atom is -0.496 e. The molecular formula is C23H25Cl2NO5. The SMILES string of the molecule is COc1ccc(C(=O)Cc2c(Cl)cncc2Cl)c(OC)c1C(=O)COCCC=C(C)C. The van der Waals surface area contributed by atoms with E-state index in [1.807, 2.05) is 19.9 Å². The lowest BCUT2D eigenvalue weighted by Gasteiger charge is -2.16. The fraction of sp³-hybridized carbons (Fsp3) is 0.348. The van der Waals surface area contributed by atoms with E-state index in [4.69, 9.17) is 37.4 Å². The summed E-state index contributed by atoms with van der Waals surface area (Å²) in [5.41, 5.74) is 2.01. The van der Waals surface area contributed by atoms with Gasteiger partial charge in [0, 0.05) is 24.4 Å². The maximum atomic E-state index is 13.0. The topological polar surface area (TPSA) is 74.7 Å². The number of carbonyl (C=O) groups excluding carboxylic acids is 2. The van der Waals surface area contributed by atoms with E-state index < -0.39 is 0 Å². The standard InChI is InChI=1S/C23H25Cl2NO5/c1-14(2)6-5-9-31-13-20(28)22-21(29-3)8-7-15(23(22)30-4)19(27)10-16-17(24)11-26-12-18(16)25/h6-8,11-12H,5,9-10,13H2,1-4H3. The van der Waals surface area contributed by atoms with Crippen molar-refractivity contribution >= 4 is 34.8 Å². The van der Waals surface area contributed by atoms with E-state index in [1.165, 1.54) is 32.2 Å². The van der Waals surface area contributed by atoms with E-state index in [0.717, 1.165) is 0 Å². The van der Waals surface area contributed by atoms with Crippen LogP contribution in [0.5, 0.6) is 11.5 Å². The summed E-state index contributed by atoms with van der Waals surface area (Å²) in [6, 6.07) is 3.11. The molecule has 0 radical (unpaired) electrons. The van der Waals surface area contributed by atoms with Gasteiger partial charge in [-0.1, -0.05) is 34.9 Å². The lowest BCUT2D eigenvalue weighted by molar-refractivity contribution is 0.0762. The fourth-order valence-corrected chi connectivity index (χ4v) is 3.46. The molecule has 0 aliphatic heterocycles. The van der Waals surface area contributed by atoms with Gasteiger partial charge in [0.05, 0.1) is 36.4 Å².